The second-order valence-corrected chi connectivity index (χ2v) is 8.87. The highest BCUT2D eigenvalue weighted by Gasteiger charge is 2.31. The molecule has 2 aromatic rings. The Kier molecular flexibility index (Phi) is 6.36. The number of ether oxygens (including phenoxy) is 1. The standard InChI is InChI=1S/C21H26N2O4S/c1-17-8-9-18(2)20(16-17)28(25,26)23-13-11-22(12-14-23)21(24)10-15-27-19-6-4-3-5-7-19/h3-9,16H,10-15H2,1-2H3. The summed E-state index contributed by atoms with van der Waals surface area (Å²) in [5, 5.41) is 0. The number of para-hydroxylation sites is 1. The van der Waals surface area contributed by atoms with E-state index >= 15 is 0 Å². The van der Waals surface area contributed by atoms with Gasteiger partial charge in [0.05, 0.1) is 17.9 Å². The number of hydrogen-bond acceptors (Lipinski definition) is 4. The van der Waals surface area contributed by atoms with Gasteiger partial charge in [-0.25, -0.2) is 8.42 Å². The van der Waals surface area contributed by atoms with E-state index in [0.29, 0.717) is 37.7 Å². The van der Waals surface area contributed by atoms with E-state index in [0.717, 1.165) is 16.9 Å². The van der Waals surface area contributed by atoms with Crippen molar-refractivity contribution >= 4 is 15.9 Å². The molecule has 6 nitrogen and oxygen atoms in total. The van der Waals surface area contributed by atoms with Crippen LogP contribution in [0.3, 0.4) is 0 Å². The lowest BCUT2D eigenvalue weighted by Gasteiger charge is -2.34. The second kappa shape index (κ2) is 8.75. The lowest BCUT2D eigenvalue weighted by molar-refractivity contribution is -0.132. The van der Waals surface area contributed by atoms with E-state index in [1.165, 1.54) is 4.31 Å². The van der Waals surface area contributed by atoms with Crippen LogP contribution in [0.25, 0.3) is 0 Å². The van der Waals surface area contributed by atoms with Crippen molar-refractivity contribution in [3.63, 3.8) is 0 Å². The van der Waals surface area contributed by atoms with Gasteiger partial charge in [0.15, 0.2) is 0 Å². The van der Waals surface area contributed by atoms with Gasteiger partial charge >= 0.3 is 0 Å². The van der Waals surface area contributed by atoms with Crippen molar-refractivity contribution < 1.29 is 17.9 Å². The number of amides is 1. The van der Waals surface area contributed by atoms with Gasteiger partial charge in [-0.05, 0) is 43.2 Å². The molecular formula is C21H26N2O4S. The van der Waals surface area contributed by atoms with Gasteiger partial charge < -0.3 is 9.64 Å². The minimum Gasteiger partial charge on any atom is -0.493 e. The third-order valence-corrected chi connectivity index (χ3v) is 6.92. The molecule has 1 saturated heterocycles. The molecule has 28 heavy (non-hydrogen) atoms. The molecule has 0 atom stereocenters. The van der Waals surface area contributed by atoms with Crippen molar-refractivity contribution in [3.8, 4) is 5.75 Å². The molecule has 0 saturated carbocycles. The summed E-state index contributed by atoms with van der Waals surface area (Å²) < 4.78 is 33.0. The van der Waals surface area contributed by atoms with Crippen LogP contribution in [0.15, 0.2) is 53.4 Å². The number of nitrogens with zero attached hydrogens (tertiary/aromatic N) is 2. The Bertz CT molecular complexity index is 921. The highest BCUT2D eigenvalue weighted by Crippen LogP contribution is 2.22. The maximum absolute atomic E-state index is 13.0. The summed E-state index contributed by atoms with van der Waals surface area (Å²) in [4.78, 5) is 14.5. The summed E-state index contributed by atoms with van der Waals surface area (Å²) in [5.74, 6) is 0.722. The van der Waals surface area contributed by atoms with E-state index < -0.39 is 10.0 Å². The molecule has 1 heterocycles. The van der Waals surface area contributed by atoms with Gasteiger partial charge in [-0.2, -0.15) is 4.31 Å². The summed E-state index contributed by atoms with van der Waals surface area (Å²) in [6.07, 6.45) is 0.276. The summed E-state index contributed by atoms with van der Waals surface area (Å²) in [5.41, 5.74) is 1.65. The summed E-state index contributed by atoms with van der Waals surface area (Å²) in [6, 6.07) is 14.8. The Balaban J connectivity index is 1.53. The molecule has 1 amide bonds. The fourth-order valence-electron chi connectivity index (χ4n) is 3.23. The summed E-state index contributed by atoms with van der Waals surface area (Å²) in [6.45, 7) is 5.40. The average molecular weight is 403 g/mol. The molecule has 1 fully saturated rings. The van der Waals surface area contributed by atoms with Crippen LogP contribution in [0.1, 0.15) is 17.5 Å². The zero-order valence-corrected chi connectivity index (χ0v) is 17.1. The minimum absolute atomic E-state index is 0.0142. The predicted molar refractivity (Wildman–Crippen MR) is 108 cm³/mol. The maximum atomic E-state index is 13.0. The molecule has 3 rings (SSSR count). The molecule has 1 aliphatic heterocycles. The first kappa shape index (κ1) is 20.4. The Morgan fingerprint density at radius 2 is 1.68 bits per heavy atom. The largest absolute Gasteiger partial charge is 0.493 e. The average Bonchev–Trinajstić information content (AvgIpc) is 2.70. The number of benzene rings is 2. The van der Waals surface area contributed by atoms with Crippen molar-refractivity contribution in [2.24, 2.45) is 0 Å². The topological polar surface area (TPSA) is 66.9 Å². The fourth-order valence-corrected chi connectivity index (χ4v) is 4.97. The predicted octanol–water partition coefficient (Wildman–Crippen LogP) is 2.61. The van der Waals surface area contributed by atoms with Crippen molar-refractivity contribution in [1.82, 2.24) is 9.21 Å². The molecule has 0 spiro atoms. The monoisotopic (exact) mass is 402 g/mol. The van der Waals surface area contributed by atoms with Crippen LogP contribution in [-0.2, 0) is 14.8 Å². The number of sulfonamides is 1. The minimum atomic E-state index is -3.55. The third-order valence-electron chi connectivity index (χ3n) is 4.88. The third kappa shape index (κ3) is 4.72. The molecule has 2 aromatic carbocycles. The van der Waals surface area contributed by atoms with E-state index in [4.69, 9.17) is 4.74 Å². The first-order valence-electron chi connectivity index (χ1n) is 9.41. The zero-order valence-electron chi connectivity index (χ0n) is 16.3. The van der Waals surface area contributed by atoms with E-state index in [1.54, 1.807) is 17.9 Å². The Hall–Kier alpha value is -2.38. The number of rotatable bonds is 6. The molecule has 7 heteroatoms. The highest BCUT2D eigenvalue weighted by atomic mass is 32.2. The Labute approximate surface area is 166 Å². The first-order chi connectivity index (χ1) is 13.4. The number of hydrogen-bond donors (Lipinski definition) is 0. The summed E-state index contributed by atoms with van der Waals surface area (Å²) >= 11 is 0. The Morgan fingerprint density at radius 3 is 2.36 bits per heavy atom. The maximum Gasteiger partial charge on any atom is 0.243 e. The fraction of sp³-hybridized carbons (Fsp3) is 0.381. The van der Waals surface area contributed by atoms with Crippen molar-refractivity contribution in [1.29, 1.82) is 0 Å². The second-order valence-electron chi connectivity index (χ2n) is 6.97. The van der Waals surface area contributed by atoms with E-state index in [9.17, 15) is 13.2 Å². The van der Waals surface area contributed by atoms with Gasteiger partial charge in [-0.15, -0.1) is 0 Å². The van der Waals surface area contributed by atoms with Crippen LogP contribution >= 0.6 is 0 Å². The van der Waals surface area contributed by atoms with Gasteiger partial charge in [0.25, 0.3) is 0 Å². The SMILES string of the molecule is Cc1ccc(C)c(S(=O)(=O)N2CCN(C(=O)CCOc3ccccc3)CC2)c1. The lowest BCUT2D eigenvalue weighted by atomic mass is 10.2. The van der Waals surface area contributed by atoms with Crippen molar-refractivity contribution in [3.05, 3.63) is 59.7 Å². The molecule has 0 unspecified atom stereocenters. The van der Waals surface area contributed by atoms with Crippen LogP contribution in [0.2, 0.25) is 0 Å². The van der Waals surface area contributed by atoms with Gasteiger partial charge in [-0.3, -0.25) is 4.79 Å². The van der Waals surface area contributed by atoms with Crippen LogP contribution in [-0.4, -0.2) is 56.3 Å². The molecule has 0 aliphatic carbocycles. The van der Waals surface area contributed by atoms with Crippen LogP contribution in [0.4, 0.5) is 0 Å². The van der Waals surface area contributed by atoms with Crippen molar-refractivity contribution in [2.45, 2.75) is 25.2 Å². The van der Waals surface area contributed by atoms with E-state index in [1.807, 2.05) is 49.4 Å². The molecular weight excluding hydrogens is 376 g/mol. The normalized spacial score (nSPS) is 15.4. The van der Waals surface area contributed by atoms with Crippen LogP contribution in [0, 0.1) is 13.8 Å². The number of piperazine rings is 1. The lowest BCUT2D eigenvalue weighted by Crippen LogP contribution is -2.50. The van der Waals surface area contributed by atoms with E-state index in [2.05, 4.69) is 0 Å². The zero-order chi connectivity index (χ0) is 20.1. The molecule has 1 aliphatic rings. The first-order valence-corrected chi connectivity index (χ1v) is 10.8. The van der Waals surface area contributed by atoms with Gasteiger partial charge in [0, 0.05) is 26.2 Å². The van der Waals surface area contributed by atoms with Gasteiger partial charge in [0.1, 0.15) is 5.75 Å². The highest BCUT2D eigenvalue weighted by molar-refractivity contribution is 7.89. The molecule has 0 aromatic heterocycles. The molecule has 0 N–H and O–H groups in total. The number of carbonyl (C=O) groups is 1. The molecule has 0 radical (unpaired) electrons. The van der Waals surface area contributed by atoms with Gasteiger partial charge in [0.2, 0.25) is 15.9 Å². The number of aryl methyl sites for hydroxylation is 2. The van der Waals surface area contributed by atoms with E-state index in [-0.39, 0.29) is 12.3 Å². The smallest absolute Gasteiger partial charge is 0.243 e. The quantitative estimate of drug-likeness (QED) is 0.745. The van der Waals surface area contributed by atoms with Crippen LogP contribution < -0.4 is 4.74 Å². The molecule has 150 valence electrons. The van der Waals surface area contributed by atoms with Crippen LogP contribution in [0.5, 0.6) is 5.75 Å². The summed E-state index contributed by atoms with van der Waals surface area (Å²) in [7, 11) is -3.55. The Morgan fingerprint density at radius 1 is 1.00 bits per heavy atom. The molecule has 0 bridgehead atoms. The van der Waals surface area contributed by atoms with Crippen molar-refractivity contribution in [2.75, 3.05) is 32.8 Å². The van der Waals surface area contributed by atoms with Gasteiger partial charge in [-0.1, -0.05) is 30.3 Å². The number of carbonyl (C=O) groups excluding carboxylic acids is 1.